The van der Waals surface area contributed by atoms with Gasteiger partial charge in [0.2, 0.25) is 0 Å². The van der Waals surface area contributed by atoms with Gasteiger partial charge in [-0.05, 0) is 31.2 Å². The second kappa shape index (κ2) is 6.67. The van der Waals surface area contributed by atoms with Gasteiger partial charge in [0, 0.05) is 11.8 Å². The average molecular weight is 340 g/mol. The normalized spacial score (nSPS) is 11.7. The van der Waals surface area contributed by atoms with Gasteiger partial charge in [0.15, 0.2) is 0 Å². The minimum absolute atomic E-state index is 0.166. The molecule has 7 heteroatoms. The fraction of sp³-hybridized carbons (Fsp3) is 0.0588. The van der Waals surface area contributed by atoms with Gasteiger partial charge < -0.3 is 0 Å². The third-order valence-corrected chi connectivity index (χ3v) is 4.63. The fourth-order valence-corrected chi connectivity index (χ4v) is 2.94. The number of aromatic nitrogens is 2. The van der Waals surface area contributed by atoms with Crippen LogP contribution in [0.4, 0.5) is 0 Å². The molecule has 0 bridgehead atoms. The largest absolute Gasteiger partial charge is 0.276 e. The Morgan fingerprint density at radius 2 is 1.67 bits per heavy atom. The van der Waals surface area contributed by atoms with Crippen molar-refractivity contribution in [2.24, 2.45) is 5.10 Å². The molecule has 1 heterocycles. The Kier molecular flexibility index (Phi) is 4.43. The molecule has 1 N–H and O–H groups in total. The minimum atomic E-state index is -3.66. The molecule has 0 spiro atoms. The topological polar surface area (TPSA) is 76.3 Å². The molecule has 0 aliphatic rings. The third kappa shape index (κ3) is 3.52. The van der Waals surface area contributed by atoms with E-state index in [1.807, 2.05) is 37.3 Å². The van der Waals surface area contributed by atoms with E-state index in [-0.39, 0.29) is 4.90 Å². The summed E-state index contributed by atoms with van der Waals surface area (Å²) in [5.41, 5.74) is 2.40. The van der Waals surface area contributed by atoms with E-state index in [1.165, 1.54) is 18.3 Å². The predicted molar refractivity (Wildman–Crippen MR) is 92.7 cm³/mol. The molecule has 0 saturated carbocycles. The molecule has 1 aromatic heterocycles. The van der Waals surface area contributed by atoms with Crippen LogP contribution in [0.25, 0.3) is 5.69 Å². The van der Waals surface area contributed by atoms with E-state index in [0.29, 0.717) is 0 Å². The van der Waals surface area contributed by atoms with Crippen LogP contribution in [0.2, 0.25) is 0 Å². The van der Waals surface area contributed by atoms with Crippen LogP contribution in [0.5, 0.6) is 0 Å². The smallest absolute Gasteiger partial charge is 0.240 e. The highest BCUT2D eigenvalue weighted by Gasteiger charge is 2.11. The molecule has 3 aromatic rings. The fourth-order valence-electron chi connectivity index (χ4n) is 2.13. The zero-order chi connectivity index (χ0) is 17.0. The quantitative estimate of drug-likeness (QED) is 0.573. The number of para-hydroxylation sites is 1. The van der Waals surface area contributed by atoms with E-state index in [2.05, 4.69) is 15.0 Å². The number of hydrogen-bond donors (Lipinski definition) is 1. The van der Waals surface area contributed by atoms with Crippen molar-refractivity contribution in [1.82, 2.24) is 14.6 Å². The van der Waals surface area contributed by atoms with Crippen LogP contribution in [0, 0.1) is 6.92 Å². The molecule has 0 unspecified atom stereocenters. The number of rotatable bonds is 5. The Balaban J connectivity index is 1.77. The lowest BCUT2D eigenvalue weighted by atomic mass is 10.3. The number of sulfonamides is 1. The molecule has 24 heavy (non-hydrogen) atoms. The summed E-state index contributed by atoms with van der Waals surface area (Å²) in [5, 5.41) is 8.24. The van der Waals surface area contributed by atoms with Crippen LogP contribution < -0.4 is 4.83 Å². The lowest BCUT2D eigenvalue weighted by molar-refractivity contribution is 0.584. The van der Waals surface area contributed by atoms with Crippen molar-refractivity contribution in [1.29, 1.82) is 0 Å². The van der Waals surface area contributed by atoms with Crippen LogP contribution in [0.1, 0.15) is 11.3 Å². The molecular weight excluding hydrogens is 324 g/mol. The molecule has 6 nitrogen and oxygen atoms in total. The van der Waals surface area contributed by atoms with Crippen molar-refractivity contribution in [2.45, 2.75) is 11.8 Å². The first-order valence-electron chi connectivity index (χ1n) is 7.28. The molecule has 2 aromatic carbocycles. The first kappa shape index (κ1) is 15.9. The van der Waals surface area contributed by atoms with Crippen LogP contribution in [-0.4, -0.2) is 24.4 Å². The summed E-state index contributed by atoms with van der Waals surface area (Å²) >= 11 is 0. The second-order valence-corrected chi connectivity index (χ2v) is 6.78. The van der Waals surface area contributed by atoms with Gasteiger partial charge in [-0.1, -0.05) is 36.4 Å². The Morgan fingerprint density at radius 3 is 2.33 bits per heavy atom. The van der Waals surface area contributed by atoms with Crippen LogP contribution in [-0.2, 0) is 10.0 Å². The van der Waals surface area contributed by atoms with Gasteiger partial charge in [-0.25, -0.2) is 9.51 Å². The van der Waals surface area contributed by atoms with Gasteiger partial charge in [0.05, 0.1) is 22.5 Å². The van der Waals surface area contributed by atoms with E-state index >= 15 is 0 Å². The molecule has 3 rings (SSSR count). The maximum Gasteiger partial charge on any atom is 0.276 e. The van der Waals surface area contributed by atoms with E-state index < -0.39 is 10.0 Å². The summed E-state index contributed by atoms with van der Waals surface area (Å²) in [7, 11) is -3.66. The summed E-state index contributed by atoms with van der Waals surface area (Å²) in [6.45, 7) is 1.84. The van der Waals surface area contributed by atoms with E-state index in [0.717, 1.165) is 16.9 Å². The lowest BCUT2D eigenvalue weighted by Crippen LogP contribution is -2.18. The van der Waals surface area contributed by atoms with Gasteiger partial charge in [-0.2, -0.15) is 18.6 Å². The number of nitrogens with one attached hydrogen (secondary N) is 1. The Hall–Kier alpha value is -2.93. The molecule has 0 saturated heterocycles. The molecule has 0 aliphatic heterocycles. The summed E-state index contributed by atoms with van der Waals surface area (Å²) in [5.74, 6) is 0. The summed E-state index contributed by atoms with van der Waals surface area (Å²) in [6.07, 6.45) is 3.24. The average Bonchev–Trinajstić information content (AvgIpc) is 2.97. The van der Waals surface area contributed by atoms with Crippen molar-refractivity contribution in [3.8, 4) is 5.69 Å². The highest BCUT2D eigenvalue weighted by atomic mass is 32.2. The molecule has 0 fully saturated rings. The number of aryl methyl sites for hydroxylation is 1. The van der Waals surface area contributed by atoms with Crippen molar-refractivity contribution in [2.75, 3.05) is 0 Å². The number of nitrogens with zero attached hydrogens (tertiary/aromatic N) is 3. The zero-order valence-corrected chi connectivity index (χ0v) is 13.8. The molecule has 0 aliphatic carbocycles. The summed E-state index contributed by atoms with van der Waals surface area (Å²) in [6, 6.07) is 17.7. The lowest BCUT2D eigenvalue weighted by Gasteiger charge is -2.01. The summed E-state index contributed by atoms with van der Waals surface area (Å²) < 4.78 is 25.9. The Labute approximate surface area is 140 Å². The standard InChI is InChI=1S/C17H16N4O2S/c1-14-15(13-21(19-14)16-8-4-2-5-9-16)12-18-20-24(22,23)17-10-6-3-7-11-17/h2-13,20H,1H3. The molecule has 0 amide bonds. The maximum atomic E-state index is 12.1. The van der Waals surface area contributed by atoms with Crippen molar-refractivity contribution < 1.29 is 8.42 Å². The first-order chi connectivity index (χ1) is 11.6. The van der Waals surface area contributed by atoms with Crippen molar-refractivity contribution >= 4 is 16.2 Å². The highest BCUT2D eigenvalue weighted by molar-refractivity contribution is 7.89. The summed E-state index contributed by atoms with van der Waals surface area (Å²) in [4.78, 5) is 2.37. The van der Waals surface area contributed by atoms with E-state index in [9.17, 15) is 8.42 Å². The van der Waals surface area contributed by atoms with Gasteiger partial charge >= 0.3 is 0 Å². The molecule has 0 radical (unpaired) electrons. The van der Waals surface area contributed by atoms with Gasteiger partial charge in [-0.3, -0.25) is 0 Å². The van der Waals surface area contributed by atoms with Crippen LogP contribution >= 0.6 is 0 Å². The number of hydrogen-bond acceptors (Lipinski definition) is 4. The van der Waals surface area contributed by atoms with Crippen molar-refractivity contribution in [3.05, 3.63) is 78.1 Å². The Morgan fingerprint density at radius 1 is 1.04 bits per heavy atom. The second-order valence-electron chi connectivity index (χ2n) is 5.12. The monoisotopic (exact) mass is 340 g/mol. The van der Waals surface area contributed by atoms with Gasteiger partial charge in [0.25, 0.3) is 10.0 Å². The first-order valence-corrected chi connectivity index (χ1v) is 8.76. The minimum Gasteiger partial charge on any atom is -0.240 e. The van der Waals surface area contributed by atoms with Crippen LogP contribution in [0.15, 0.2) is 76.9 Å². The third-order valence-electron chi connectivity index (χ3n) is 3.39. The van der Waals surface area contributed by atoms with E-state index in [1.54, 1.807) is 29.1 Å². The number of hydrazone groups is 1. The van der Waals surface area contributed by atoms with E-state index in [4.69, 9.17) is 0 Å². The van der Waals surface area contributed by atoms with Gasteiger partial charge in [-0.15, -0.1) is 0 Å². The van der Waals surface area contributed by atoms with Crippen LogP contribution in [0.3, 0.4) is 0 Å². The number of benzene rings is 2. The molecule has 0 atom stereocenters. The Bertz CT molecular complexity index is 949. The van der Waals surface area contributed by atoms with Crippen molar-refractivity contribution in [3.63, 3.8) is 0 Å². The molecule has 122 valence electrons. The predicted octanol–water partition coefficient (Wildman–Crippen LogP) is 2.49. The SMILES string of the molecule is Cc1nn(-c2ccccc2)cc1C=NNS(=O)(=O)c1ccccc1. The molecular formula is C17H16N4O2S. The highest BCUT2D eigenvalue weighted by Crippen LogP contribution is 2.10. The zero-order valence-electron chi connectivity index (χ0n) is 13.0. The maximum absolute atomic E-state index is 12.1. The van der Waals surface area contributed by atoms with Gasteiger partial charge in [0.1, 0.15) is 0 Å².